The lowest BCUT2D eigenvalue weighted by atomic mass is 9.98. The molecule has 4 heterocycles. The maximum absolute atomic E-state index is 5.94. The third kappa shape index (κ3) is 3.46. The van der Waals surface area contributed by atoms with Crippen LogP contribution in [0.3, 0.4) is 0 Å². The van der Waals surface area contributed by atoms with Gasteiger partial charge in [-0.1, -0.05) is 0 Å². The quantitative estimate of drug-likeness (QED) is 0.647. The first-order chi connectivity index (χ1) is 13.7. The zero-order chi connectivity index (χ0) is 19.1. The van der Waals surface area contributed by atoms with Gasteiger partial charge < -0.3 is 9.64 Å². The summed E-state index contributed by atoms with van der Waals surface area (Å²) in [5.74, 6) is 2.17. The fourth-order valence-corrected chi connectivity index (χ4v) is 4.24. The minimum absolute atomic E-state index is 0.200. The van der Waals surface area contributed by atoms with Gasteiger partial charge in [-0.3, -0.25) is 0 Å². The second kappa shape index (κ2) is 7.13. The average molecular weight is 394 g/mol. The molecule has 1 aliphatic carbocycles. The summed E-state index contributed by atoms with van der Waals surface area (Å²) >= 11 is 1.57. The van der Waals surface area contributed by atoms with Gasteiger partial charge in [0.2, 0.25) is 5.88 Å². The first-order valence-electron chi connectivity index (χ1n) is 9.80. The maximum atomic E-state index is 5.94. The molecule has 6 nitrogen and oxygen atoms in total. The van der Waals surface area contributed by atoms with E-state index in [0.29, 0.717) is 0 Å². The lowest BCUT2D eigenvalue weighted by Crippen LogP contribution is -2.34. The molecule has 7 heteroatoms. The number of anilines is 1. The van der Waals surface area contributed by atoms with Crippen LogP contribution in [-0.4, -0.2) is 33.1 Å². The Labute approximate surface area is 168 Å². The summed E-state index contributed by atoms with van der Waals surface area (Å²) in [6.45, 7) is 5.93. The normalized spacial score (nSPS) is 18.8. The van der Waals surface area contributed by atoms with E-state index in [1.165, 1.54) is 18.4 Å². The van der Waals surface area contributed by atoms with Crippen LogP contribution in [0.2, 0.25) is 0 Å². The molecule has 0 spiro atoms. The molecule has 1 fully saturated rings. The highest BCUT2D eigenvalue weighted by Gasteiger charge is 2.27. The van der Waals surface area contributed by atoms with E-state index >= 15 is 0 Å². The highest BCUT2D eigenvalue weighted by atomic mass is 32.1. The van der Waals surface area contributed by atoms with Crippen molar-refractivity contribution in [3.8, 4) is 17.4 Å². The smallest absolute Gasteiger partial charge is 0.215 e. The van der Waals surface area contributed by atoms with Crippen molar-refractivity contribution in [2.45, 2.75) is 39.2 Å². The monoisotopic (exact) mass is 393 g/mol. The zero-order valence-corrected chi connectivity index (χ0v) is 16.9. The Morgan fingerprint density at radius 2 is 2.11 bits per heavy atom. The summed E-state index contributed by atoms with van der Waals surface area (Å²) < 4.78 is 5.94. The third-order valence-electron chi connectivity index (χ3n) is 5.48. The van der Waals surface area contributed by atoms with Gasteiger partial charge in [-0.25, -0.2) is 19.9 Å². The number of hydrogen-bond donors (Lipinski definition) is 0. The van der Waals surface area contributed by atoms with Crippen molar-refractivity contribution in [1.82, 2.24) is 19.9 Å². The largest absolute Gasteiger partial charge is 0.477 e. The molecule has 0 bridgehead atoms. The summed E-state index contributed by atoms with van der Waals surface area (Å²) in [5, 5.41) is 1.99. The van der Waals surface area contributed by atoms with Crippen LogP contribution < -0.4 is 9.64 Å². The van der Waals surface area contributed by atoms with Gasteiger partial charge in [0.15, 0.2) is 5.82 Å². The van der Waals surface area contributed by atoms with E-state index < -0.39 is 0 Å². The molecule has 1 saturated carbocycles. The number of aryl methyl sites for hydroxylation is 1. The molecule has 1 atom stereocenters. The predicted octanol–water partition coefficient (Wildman–Crippen LogP) is 4.22. The lowest BCUT2D eigenvalue weighted by Gasteiger charge is -2.36. The Morgan fingerprint density at radius 1 is 1.21 bits per heavy atom. The number of rotatable bonds is 5. The van der Waals surface area contributed by atoms with E-state index in [9.17, 15) is 0 Å². The predicted molar refractivity (Wildman–Crippen MR) is 110 cm³/mol. The lowest BCUT2D eigenvalue weighted by molar-refractivity contribution is 0.288. The fourth-order valence-electron chi connectivity index (χ4n) is 3.71. The molecule has 0 saturated heterocycles. The molecule has 3 aromatic rings. The van der Waals surface area contributed by atoms with Gasteiger partial charge in [0, 0.05) is 47.6 Å². The van der Waals surface area contributed by atoms with E-state index in [1.54, 1.807) is 11.3 Å². The molecule has 1 unspecified atom stereocenters. The third-order valence-corrected chi connectivity index (χ3v) is 6.07. The van der Waals surface area contributed by atoms with E-state index in [0.717, 1.165) is 60.0 Å². The standard InChI is InChI=1S/C21H23N5OS/c1-13-7-16(8-20(24-13)27-10-15-3-4-15)26-6-5-18-17(14(26)2)9-22-21(25-18)19-11-28-12-23-19/h7-9,11-12,14-15H,3-6,10H2,1-2H3. The van der Waals surface area contributed by atoms with Crippen molar-refractivity contribution >= 4 is 17.0 Å². The van der Waals surface area contributed by atoms with E-state index in [1.807, 2.05) is 24.0 Å². The number of ether oxygens (including phenoxy) is 1. The van der Waals surface area contributed by atoms with Gasteiger partial charge in [0.05, 0.1) is 23.9 Å². The number of pyridine rings is 1. The van der Waals surface area contributed by atoms with Crippen LogP contribution in [-0.2, 0) is 6.42 Å². The van der Waals surface area contributed by atoms with Crippen LogP contribution >= 0.6 is 11.3 Å². The van der Waals surface area contributed by atoms with Crippen molar-refractivity contribution in [1.29, 1.82) is 0 Å². The molecule has 3 aromatic heterocycles. The summed E-state index contributed by atoms with van der Waals surface area (Å²) in [6.07, 6.45) is 5.41. The second-order valence-electron chi connectivity index (χ2n) is 7.65. The summed E-state index contributed by atoms with van der Waals surface area (Å²) in [6, 6.07) is 4.41. The molecule has 2 aliphatic rings. The van der Waals surface area contributed by atoms with Gasteiger partial charge in [0.25, 0.3) is 0 Å². The fraction of sp³-hybridized carbons (Fsp3) is 0.429. The minimum Gasteiger partial charge on any atom is -0.477 e. The van der Waals surface area contributed by atoms with E-state index in [4.69, 9.17) is 9.72 Å². The van der Waals surface area contributed by atoms with Gasteiger partial charge >= 0.3 is 0 Å². The zero-order valence-electron chi connectivity index (χ0n) is 16.1. The van der Waals surface area contributed by atoms with E-state index in [2.05, 4.69) is 38.9 Å². The van der Waals surface area contributed by atoms with Gasteiger partial charge in [-0.15, -0.1) is 11.3 Å². The van der Waals surface area contributed by atoms with Crippen LogP contribution in [0, 0.1) is 12.8 Å². The highest BCUT2D eigenvalue weighted by molar-refractivity contribution is 7.07. The molecule has 1 aliphatic heterocycles. The molecule has 28 heavy (non-hydrogen) atoms. The van der Waals surface area contributed by atoms with Gasteiger partial charge in [0.1, 0.15) is 5.69 Å². The van der Waals surface area contributed by atoms with Crippen LogP contribution in [0.15, 0.2) is 29.2 Å². The maximum Gasteiger partial charge on any atom is 0.215 e. The second-order valence-corrected chi connectivity index (χ2v) is 8.37. The molecule has 144 valence electrons. The number of thiazole rings is 1. The Bertz CT molecular complexity index is 986. The summed E-state index contributed by atoms with van der Waals surface area (Å²) in [5.41, 5.74) is 7.11. The first-order valence-corrected chi connectivity index (χ1v) is 10.7. The van der Waals surface area contributed by atoms with Gasteiger partial charge in [-0.2, -0.15) is 0 Å². The molecular formula is C21H23N5OS. The molecule has 0 N–H and O–H groups in total. The Morgan fingerprint density at radius 3 is 2.89 bits per heavy atom. The summed E-state index contributed by atoms with van der Waals surface area (Å²) in [4.78, 5) is 20.7. The van der Waals surface area contributed by atoms with Crippen molar-refractivity contribution in [3.63, 3.8) is 0 Å². The molecule has 0 radical (unpaired) electrons. The van der Waals surface area contributed by atoms with Crippen molar-refractivity contribution in [2.24, 2.45) is 5.92 Å². The number of hydrogen-bond acceptors (Lipinski definition) is 7. The van der Waals surface area contributed by atoms with Crippen molar-refractivity contribution < 1.29 is 4.74 Å². The van der Waals surface area contributed by atoms with Crippen molar-refractivity contribution in [2.75, 3.05) is 18.1 Å². The van der Waals surface area contributed by atoms with Crippen LogP contribution in [0.1, 0.15) is 42.8 Å². The molecule has 5 rings (SSSR count). The van der Waals surface area contributed by atoms with Crippen molar-refractivity contribution in [3.05, 3.63) is 46.2 Å². The minimum atomic E-state index is 0.200. The molecule has 0 aromatic carbocycles. The van der Waals surface area contributed by atoms with Crippen LogP contribution in [0.4, 0.5) is 5.69 Å². The van der Waals surface area contributed by atoms with Crippen LogP contribution in [0.25, 0.3) is 11.5 Å². The highest BCUT2D eigenvalue weighted by Crippen LogP contribution is 2.35. The first kappa shape index (κ1) is 17.6. The number of nitrogens with zero attached hydrogens (tertiary/aromatic N) is 5. The Hall–Kier alpha value is -2.54. The number of aromatic nitrogens is 4. The molecule has 0 amide bonds. The molecular weight excluding hydrogens is 370 g/mol. The SMILES string of the molecule is Cc1cc(N2CCc3nc(-c4cscn4)ncc3C2C)cc(OCC2CC2)n1. The van der Waals surface area contributed by atoms with Gasteiger partial charge in [-0.05, 0) is 38.7 Å². The van der Waals surface area contributed by atoms with E-state index in [-0.39, 0.29) is 6.04 Å². The number of fused-ring (bicyclic) bond motifs is 1. The Balaban J connectivity index is 1.40. The topological polar surface area (TPSA) is 64.0 Å². The van der Waals surface area contributed by atoms with Crippen LogP contribution in [0.5, 0.6) is 5.88 Å². The average Bonchev–Trinajstić information content (AvgIpc) is 3.37. The summed E-state index contributed by atoms with van der Waals surface area (Å²) in [7, 11) is 0. The Kier molecular flexibility index (Phi) is 4.47.